The Morgan fingerprint density at radius 1 is 0.306 bits per heavy atom. The van der Waals surface area contributed by atoms with Gasteiger partial charge in [-0.2, -0.15) is 0 Å². The molecular formula is C40H76O8Sn. The molecule has 0 aromatic rings. The summed E-state index contributed by atoms with van der Waals surface area (Å²) < 4.78 is 0. The summed E-state index contributed by atoms with van der Waals surface area (Å²) in [5.74, 6) is -4.30. The first-order chi connectivity index (χ1) is 22.9. The van der Waals surface area contributed by atoms with Crippen molar-refractivity contribution < 1.29 is 39.6 Å². The molecule has 0 N–H and O–H groups in total. The third-order valence-corrected chi connectivity index (χ3v) is 8.51. The molecule has 0 aliphatic rings. The predicted molar refractivity (Wildman–Crippen MR) is 196 cm³/mol. The van der Waals surface area contributed by atoms with Gasteiger partial charge in [-0.05, 0) is 75.0 Å². The third kappa shape index (κ3) is 42.8. The van der Waals surface area contributed by atoms with Gasteiger partial charge >= 0.3 is 23.9 Å². The van der Waals surface area contributed by atoms with E-state index in [1.165, 1.54) is 0 Å². The van der Waals surface area contributed by atoms with Crippen molar-refractivity contribution in [2.24, 2.45) is 23.7 Å². The summed E-state index contributed by atoms with van der Waals surface area (Å²) in [6.45, 7) is 16.5. The minimum absolute atomic E-state index is 0. The summed E-state index contributed by atoms with van der Waals surface area (Å²) in [6.07, 6.45) is 23.2. The molecule has 0 aliphatic heterocycles. The summed E-state index contributed by atoms with van der Waals surface area (Å²) in [4.78, 5) is 42.3. The van der Waals surface area contributed by atoms with Gasteiger partial charge < -0.3 is 39.6 Å². The number of carboxylic acids is 4. The molecule has 0 rings (SSSR count). The van der Waals surface area contributed by atoms with E-state index in [-0.39, 0.29) is 47.6 Å². The molecule has 4 atom stereocenters. The molecule has 0 amide bonds. The van der Waals surface area contributed by atoms with Gasteiger partial charge in [0.05, 0.1) is 0 Å². The SMILES string of the molecule is CCCCCC(CCC)C(=O)[O-].CCCCCC(CCC)C(=O)[O-].CCCCCC(CCC)C(=O)[O-].CCCCCC(CCC)C(=O)[O-].[Sn+4]. The second-order valence-corrected chi connectivity index (χ2v) is 13.2. The van der Waals surface area contributed by atoms with E-state index in [0.29, 0.717) is 0 Å². The topological polar surface area (TPSA) is 161 Å². The number of rotatable bonds is 28. The van der Waals surface area contributed by atoms with Crippen molar-refractivity contribution in [3.8, 4) is 0 Å². The van der Waals surface area contributed by atoms with Gasteiger partial charge in [-0.1, -0.05) is 158 Å². The van der Waals surface area contributed by atoms with Crippen LogP contribution in [0.15, 0.2) is 0 Å². The largest absolute Gasteiger partial charge is 4.00 e. The molecule has 49 heavy (non-hydrogen) atoms. The summed E-state index contributed by atoms with van der Waals surface area (Å²) in [5, 5.41) is 42.3. The molecule has 0 fully saturated rings. The van der Waals surface area contributed by atoms with Crippen molar-refractivity contribution in [1.29, 1.82) is 0 Å². The number of aliphatic carboxylic acids is 4. The second kappa shape index (κ2) is 44.7. The number of hydrogen-bond donors (Lipinski definition) is 0. The molecular weight excluding hydrogens is 727 g/mol. The van der Waals surface area contributed by atoms with E-state index in [1.807, 2.05) is 27.7 Å². The van der Waals surface area contributed by atoms with Gasteiger partial charge in [0, 0.05) is 23.9 Å². The Labute approximate surface area is 319 Å². The number of carboxylic acid groups (broad SMARTS) is 4. The zero-order valence-corrected chi connectivity index (χ0v) is 35.9. The van der Waals surface area contributed by atoms with E-state index in [9.17, 15) is 39.6 Å². The van der Waals surface area contributed by atoms with Gasteiger partial charge in [-0.25, -0.2) is 0 Å². The number of carbonyl (C=O) groups excluding carboxylic acids is 4. The van der Waals surface area contributed by atoms with Gasteiger partial charge in [0.1, 0.15) is 0 Å². The van der Waals surface area contributed by atoms with E-state index < -0.39 is 23.9 Å². The van der Waals surface area contributed by atoms with Gasteiger partial charge in [0.15, 0.2) is 0 Å². The molecule has 288 valence electrons. The average molecular weight is 804 g/mol. The average Bonchev–Trinajstić information content (AvgIpc) is 3.04. The molecule has 0 aromatic heterocycles. The van der Waals surface area contributed by atoms with Crippen LogP contribution in [0.5, 0.6) is 0 Å². The van der Waals surface area contributed by atoms with Crippen LogP contribution in [0, 0.1) is 23.7 Å². The molecule has 8 nitrogen and oxygen atoms in total. The fraction of sp³-hybridized carbons (Fsp3) is 0.900. The standard InChI is InChI=1S/4C10H20O2.Sn/c4*1-3-5-6-8-9(7-4-2)10(11)12;/h4*9H,3-8H2,1-2H3,(H,11,12);/q;;;;+4/p-4. The van der Waals surface area contributed by atoms with Crippen molar-refractivity contribution in [3.63, 3.8) is 0 Å². The summed E-state index contributed by atoms with van der Waals surface area (Å²) in [5.41, 5.74) is 0. The van der Waals surface area contributed by atoms with Gasteiger partial charge in [-0.15, -0.1) is 0 Å². The van der Waals surface area contributed by atoms with Crippen LogP contribution >= 0.6 is 0 Å². The first kappa shape index (κ1) is 57.0. The molecule has 4 unspecified atom stereocenters. The Hall–Kier alpha value is -1.32. The first-order valence-corrected chi connectivity index (χ1v) is 19.7. The minimum atomic E-state index is -0.868. The second-order valence-electron chi connectivity index (χ2n) is 13.2. The van der Waals surface area contributed by atoms with Crippen LogP contribution in [0.4, 0.5) is 0 Å². The van der Waals surface area contributed by atoms with E-state index in [2.05, 4.69) is 27.7 Å². The maximum absolute atomic E-state index is 10.6. The normalized spacial score (nSPS) is 12.6. The van der Waals surface area contributed by atoms with E-state index in [0.717, 1.165) is 154 Å². The molecule has 0 radical (unpaired) electrons. The van der Waals surface area contributed by atoms with Crippen LogP contribution in [0.2, 0.25) is 0 Å². The maximum atomic E-state index is 10.6. The van der Waals surface area contributed by atoms with Crippen molar-refractivity contribution in [1.82, 2.24) is 0 Å². The van der Waals surface area contributed by atoms with Crippen molar-refractivity contribution in [2.45, 2.75) is 209 Å². The third-order valence-electron chi connectivity index (χ3n) is 8.51. The van der Waals surface area contributed by atoms with Crippen LogP contribution in [0.1, 0.15) is 209 Å². The summed E-state index contributed by atoms with van der Waals surface area (Å²) in [7, 11) is 0. The molecule has 0 saturated heterocycles. The van der Waals surface area contributed by atoms with Crippen molar-refractivity contribution >= 4 is 47.8 Å². The van der Waals surface area contributed by atoms with Crippen LogP contribution in [-0.4, -0.2) is 47.8 Å². The molecule has 9 heteroatoms. The summed E-state index contributed by atoms with van der Waals surface area (Å²) in [6, 6.07) is 0. The maximum Gasteiger partial charge on any atom is 4.00 e. The Morgan fingerprint density at radius 2 is 0.469 bits per heavy atom. The molecule has 0 aliphatic carbocycles. The van der Waals surface area contributed by atoms with Crippen LogP contribution in [-0.2, 0) is 19.2 Å². The molecule has 0 aromatic carbocycles. The Morgan fingerprint density at radius 3 is 0.571 bits per heavy atom. The Bertz CT molecular complexity index is 611. The monoisotopic (exact) mass is 804 g/mol. The number of hydrogen-bond acceptors (Lipinski definition) is 8. The molecule has 0 bridgehead atoms. The van der Waals surface area contributed by atoms with Crippen molar-refractivity contribution in [2.75, 3.05) is 0 Å². The van der Waals surface area contributed by atoms with Crippen LogP contribution in [0.3, 0.4) is 0 Å². The van der Waals surface area contributed by atoms with Gasteiger partial charge in [0.25, 0.3) is 0 Å². The number of unbranched alkanes of at least 4 members (excludes halogenated alkanes) is 8. The van der Waals surface area contributed by atoms with Crippen LogP contribution < -0.4 is 20.4 Å². The van der Waals surface area contributed by atoms with Gasteiger partial charge in [0.2, 0.25) is 0 Å². The number of carbonyl (C=O) groups is 4. The van der Waals surface area contributed by atoms with Crippen molar-refractivity contribution in [3.05, 3.63) is 0 Å². The fourth-order valence-corrected chi connectivity index (χ4v) is 5.48. The molecule has 0 saturated carbocycles. The first-order valence-electron chi connectivity index (χ1n) is 19.7. The molecule has 0 spiro atoms. The van der Waals surface area contributed by atoms with E-state index in [1.54, 1.807) is 0 Å². The molecule has 0 heterocycles. The Balaban J connectivity index is -0.000000174. The fourth-order valence-electron chi connectivity index (χ4n) is 5.48. The quantitative estimate of drug-likeness (QED) is 0.0636. The van der Waals surface area contributed by atoms with E-state index >= 15 is 0 Å². The van der Waals surface area contributed by atoms with Gasteiger partial charge in [-0.3, -0.25) is 0 Å². The smallest absolute Gasteiger partial charge is 0.550 e. The predicted octanol–water partition coefficient (Wildman–Crippen LogP) is 6.55. The van der Waals surface area contributed by atoms with Crippen LogP contribution in [0.25, 0.3) is 0 Å². The summed E-state index contributed by atoms with van der Waals surface area (Å²) >= 11 is 0. The zero-order chi connectivity index (χ0) is 37.6. The minimum Gasteiger partial charge on any atom is -0.550 e. The Kier molecular flexibility index (Phi) is 52.0. The zero-order valence-electron chi connectivity index (χ0n) is 33.0. The van der Waals surface area contributed by atoms with E-state index in [4.69, 9.17) is 0 Å².